The van der Waals surface area contributed by atoms with E-state index in [0.29, 0.717) is 18.1 Å². The second-order valence-corrected chi connectivity index (χ2v) is 8.90. The molecular formula is C23H29Cl3N6O. The van der Waals surface area contributed by atoms with E-state index in [2.05, 4.69) is 32.3 Å². The molecule has 7 nitrogen and oxygen atoms in total. The highest BCUT2D eigenvalue weighted by Crippen LogP contribution is 2.31. The third-order valence-corrected chi connectivity index (χ3v) is 6.79. The number of H-pyrrole nitrogens is 1. The van der Waals surface area contributed by atoms with Gasteiger partial charge in [-0.3, -0.25) is 9.89 Å². The van der Waals surface area contributed by atoms with Crippen LogP contribution < -0.4 is 10.2 Å². The fourth-order valence-corrected chi connectivity index (χ4v) is 5.09. The maximum atomic E-state index is 13.7. The topological polar surface area (TPSA) is 77.2 Å². The van der Waals surface area contributed by atoms with E-state index in [-0.39, 0.29) is 42.7 Å². The fraction of sp³-hybridized carbons (Fsp3) is 0.435. The highest BCUT2D eigenvalue weighted by Gasteiger charge is 2.36. The number of aromatic amines is 1. The minimum atomic E-state index is -0.172. The Hall–Kier alpha value is -2.06. The van der Waals surface area contributed by atoms with Crippen LogP contribution in [0.5, 0.6) is 0 Å². The van der Waals surface area contributed by atoms with Crippen molar-refractivity contribution >= 4 is 59.0 Å². The number of nitrogens with one attached hydrogen (secondary N) is 2. The third-order valence-electron chi connectivity index (χ3n) is 6.54. The average molecular weight is 512 g/mol. The van der Waals surface area contributed by atoms with Crippen LogP contribution in [0.15, 0.2) is 36.7 Å². The number of hydrogen-bond donors (Lipinski definition) is 2. The Labute approximate surface area is 211 Å². The molecular weight excluding hydrogens is 483 g/mol. The van der Waals surface area contributed by atoms with Crippen molar-refractivity contribution in [2.45, 2.75) is 31.7 Å². The van der Waals surface area contributed by atoms with Crippen LogP contribution in [0.25, 0.3) is 11.0 Å². The third kappa shape index (κ3) is 5.06. The molecule has 2 aliphatic rings. The number of aromatic nitrogens is 3. The number of rotatable bonds is 4. The Balaban J connectivity index is 0.00000153. The summed E-state index contributed by atoms with van der Waals surface area (Å²) in [6, 6.07) is 7.94. The monoisotopic (exact) mass is 510 g/mol. The molecule has 2 aromatic heterocycles. The number of carbonyl (C=O) groups is 1. The molecule has 2 N–H and O–H groups in total. The lowest BCUT2D eigenvalue weighted by Gasteiger charge is -2.39. The summed E-state index contributed by atoms with van der Waals surface area (Å²) in [6.45, 7) is 6.05. The lowest BCUT2D eigenvalue weighted by Crippen LogP contribution is -2.52. The number of amides is 1. The average Bonchev–Trinajstić information content (AvgIpc) is 3.48. The van der Waals surface area contributed by atoms with Gasteiger partial charge in [0.1, 0.15) is 0 Å². The molecule has 0 bridgehead atoms. The minimum absolute atomic E-state index is 0. The van der Waals surface area contributed by atoms with Crippen molar-refractivity contribution in [2.75, 3.05) is 37.6 Å². The van der Waals surface area contributed by atoms with Gasteiger partial charge in [-0.05, 0) is 49.6 Å². The summed E-state index contributed by atoms with van der Waals surface area (Å²) in [6.07, 6.45) is 5.85. The van der Waals surface area contributed by atoms with Gasteiger partial charge >= 0.3 is 0 Å². The maximum absolute atomic E-state index is 13.7. The first kappa shape index (κ1) is 25.6. The molecule has 2 saturated heterocycles. The van der Waals surface area contributed by atoms with Crippen LogP contribution in [0, 0.1) is 6.92 Å². The normalized spacial score (nSPS) is 19.2. The van der Waals surface area contributed by atoms with E-state index in [0.717, 1.165) is 60.3 Å². The van der Waals surface area contributed by atoms with Crippen LogP contribution in [-0.2, 0) is 4.79 Å². The van der Waals surface area contributed by atoms with Gasteiger partial charge in [0.2, 0.25) is 5.91 Å². The summed E-state index contributed by atoms with van der Waals surface area (Å²) in [4.78, 5) is 22.5. The zero-order valence-electron chi connectivity index (χ0n) is 18.5. The first-order chi connectivity index (χ1) is 15.1. The van der Waals surface area contributed by atoms with Gasteiger partial charge in [-0.2, -0.15) is 5.10 Å². The standard InChI is InChI=1S/C23H27ClN6O.2ClH/c1-15-13-26-22-18(14-27-28-22)21(15)29-9-11-30(12-10-29)23(31)20(19-3-2-8-25-19)16-4-6-17(24)7-5-16;;/h4-7,13-14,19-20,25H,2-3,8-12H2,1H3,(H,26,27,28);2*1H/t19-,20-;;/m0../s1. The molecule has 4 heterocycles. The fourth-order valence-electron chi connectivity index (χ4n) is 4.97. The number of pyridine rings is 1. The van der Waals surface area contributed by atoms with Crippen LogP contribution >= 0.6 is 36.4 Å². The zero-order valence-corrected chi connectivity index (χ0v) is 20.8. The predicted molar refractivity (Wildman–Crippen MR) is 137 cm³/mol. The minimum Gasteiger partial charge on any atom is -0.367 e. The molecule has 1 aromatic carbocycles. The molecule has 2 fully saturated rings. The Morgan fingerprint density at radius 3 is 2.52 bits per heavy atom. The van der Waals surface area contributed by atoms with Crippen LogP contribution in [0.4, 0.5) is 5.69 Å². The van der Waals surface area contributed by atoms with Gasteiger partial charge in [-0.1, -0.05) is 23.7 Å². The number of benzene rings is 1. The molecule has 3 aromatic rings. The van der Waals surface area contributed by atoms with E-state index in [1.54, 1.807) is 0 Å². The molecule has 0 saturated carbocycles. The van der Waals surface area contributed by atoms with E-state index in [4.69, 9.17) is 11.6 Å². The zero-order chi connectivity index (χ0) is 21.4. The number of hydrogen-bond acceptors (Lipinski definition) is 5. The van der Waals surface area contributed by atoms with Gasteiger partial charge in [0.25, 0.3) is 0 Å². The van der Waals surface area contributed by atoms with Gasteiger partial charge in [0.15, 0.2) is 5.65 Å². The highest BCUT2D eigenvalue weighted by molar-refractivity contribution is 6.30. The van der Waals surface area contributed by atoms with Crippen molar-refractivity contribution < 1.29 is 4.79 Å². The van der Waals surface area contributed by atoms with Gasteiger partial charge in [0.05, 0.1) is 23.2 Å². The molecule has 0 unspecified atom stereocenters. The first-order valence-electron chi connectivity index (χ1n) is 10.9. The molecule has 178 valence electrons. The summed E-state index contributed by atoms with van der Waals surface area (Å²) >= 11 is 6.10. The first-order valence-corrected chi connectivity index (χ1v) is 11.3. The number of anilines is 1. The number of aryl methyl sites for hydroxylation is 1. The maximum Gasteiger partial charge on any atom is 0.231 e. The second-order valence-electron chi connectivity index (χ2n) is 8.47. The molecule has 10 heteroatoms. The van der Waals surface area contributed by atoms with Crippen LogP contribution in [0.2, 0.25) is 5.02 Å². The van der Waals surface area contributed by atoms with Gasteiger partial charge in [-0.15, -0.1) is 24.8 Å². The molecule has 0 radical (unpaired) electrons. The molecule has 5 rings (SSSR count). The van der Waals surface area contributed by atoms with Crippen molar-refractivity contribution in [1.82, 2.24) is 25.4 Å². The van der Waals surface area contributed by atoms with Crippen molar-refractivity contribution in [1.29, 1.82) is 0 Å². The number of carbonyl (C=O) groups excluding carboxylic acids is 1. The van der Waals surface area contributed by atoms with E-state index >= 15 is 0 Å². The second kappa shape index (κ2) is 10.9. The largest absolute Gasteiger partial charge is 0.367 e. The summed E-state index contributed by atoms with van der Waals surface area (Å²) in [5, 5.41) is 12.4. The van der Waals surface area contributed by atoms with Gasteiger partial charge in [0, 0.05) is 43.4 Å². The number of halogens is 3. The van der Waals surface area contributed by atoms with E-state index in [9.17, 15) is 4.79 Å². The number of nitrogens with zero attached hydrogens (tertiary/aromatic N) is 4. The molecule has 2 aliphatic heterocycles. The van der Waals surface area contributed by atoms with E-state index in [1.807, 2.05) is 41.6 Å². The van der Waals surface area contributed by atoms with E-state index < -0.39 is 0 Å². The number of fused-ring (bicyclic) bond motifs is 1. The van der Waals surface area contributed by atoms with Crippen molar-refractivity contribution in [3.63, 3.8) is 0 Å². The van der Waals surface area contributed by atoms with Gasteiger partial charge in [-0.25, -0.2) is 4.98 Å². The summed E-state index contributed by atoms with van der Waals surface area (Å²) < 4.78 is 0. The Bertz CT molecular complexity index is 1080. The molecule has 0 aliphatic carbocycles. The Kier molecular flexibility index (Phi) is 8.45. The van der Waals surface area contributed by atoms with Crippen LogP contribution in [0.3, 0.4) is 0 Å². The molecule has 0 spiro atoms. The SMILES string of the molecule is Cc1cnc2[nH]ncc2c1N1CCN(C(=O)[C@@H](c2ccc(Cl)cc2)[C@@H]2CCCN2)CC1.Cl.Cl. The quantitative estimate of drug-likeness (QED) is 0.555. The smallest absolute Gasteiger partial charge is 0.231 e. The highest BCUT2D eigenvalue weighted by atomic mass is 35.5. The van der Waals surface area contributed by atoms with Crippen LogP contribution in [-0.4, -0.2) is 64.8 Å². The lowest BCUT2D eigenvalue weighted by molar-refractivity contribution is -0.133. The van der Waals surface area contributed by atoms with E-state index in [1.165, 1.54) is 0 Å². The molecule has 2 atom stereocenters. The molecule has 1 amide bonds. The Morgan fingerprint density at radius 1 is 1.12 bits per heavy atom. The Morgan fingerprint density at radius 2 is 1.85 bits per heavy atom. The van der Waals surface area contributed by atoms with Gasteiger partial charge < -0.3 is 15.1 Å². The summed E-state index contributed by atoms with van der Waals surface area (Å²) in [5.41, 5.74) is 4.14. The summed E-state index contributed by atoms with van der Waals surface area (Å²) in [7, 11) is 0. The van der Waals surface area contributed by atoms with Crippen LogP contribution in [0.1, 0.15) is 29.9 Å². The van der Waals surface area contributed by atoms with Crippen molar-refractivity contribution in [2.24, 2.45) is 0 Å². The lowest BCUT2D eigenvalue weighted by atomic mass is 9.89. The summed E-state index contributed by atoms with van der Waals surface area (Å²) in [5.74, 6) is 0.0378. The van der Waals surface area contributed by atoms with Crippen molar-refractivity contribution in [3.05, 3.63) is 52.8 Å². The number of piperazine rings is 1. The van der Waals surface area contributed by atoms with Crippen molar-refractivity contribution in [3.8, 4) is 0 Å². The predicted octanol–water partition coefficient (Wildman–Crippen LogP) is 3.95. The molecule has 33 heavy (non-hydrogen) atoms.